The molecule has 1 aliphatic rings. The first-order chi connectivity index (χ1) is 10.7. The summed E-state index contributed by atoms with van der Waals surface area (Å²) in [5, 5.41) is 10.1. The fourth-order valence-electron chi connectivity index (χ4n) is 2.64. The minimum absolute atomic E-state index is 0.244. The zero-order chi connectivity index (χ0) is 17.2. The molecular weight excluding hydrogens is 292 g/mol. The van der Waals surface area contributed by atoms with Crippen LogP contribution in [0, 0.1) is 13.8 Å². The molecule has 1 aromatic rings. The molecule has 1 saturated heterocycles. The summed E-state index contributed by atoms with van der Waals surface area (Å²) < 4.78 is 5.41. The number of aromatic hydroxyl groups is 1. The molecule has 0 atom stereocenters. The Kier molecular flexibility index (Phi) is 5.19. The summed E-state index contributed by atoms with van der Waals surface area (Å²) >= 11 is 0. The minimum atomic E-state index is -0.459. The number of ether oxygens (including phenoxy) is 1. The molecule has 5 heteroatoms. The van der Waals surface area contributed by atoms with Crippen LogP contribution >= 0.6 is 0 Å². The maximum atomic E-state index is 12.1. The highest BCUT2D eigenvalue weighted by atomic mass is 16.6. The Morgan fingerprint density at radius 3 is 2.26 bits per heavy atom. The van der Waals surface area contributed by atoms with Crippen molar-refractivity contribution in [3.63, 3.8) is 0 Å². The van der Waals surface area contributed by atoms with E-state index in [-0.39, 0.29) is 6.09 Å². The third kappa shape index (κ3) is 4.86. The van der Waals surface area contributed by atoms with Crippen molar-refractivity contribution in [3.05, 3.63) is 28.8 Å². The molecule has 1 aliphatic heterocycles. The van der Waals surface area contributed by atoms with E-state index in [0.717, 1.165) is 24.2 Å². The second-order valence-electron chi connectivity index (χ2n) is 7.31. The van der Waals surface area contributed by atoms with Crippen molar-refractivity contribution < 1.29 is 14.6 Å². The summed E-state index contributed by atoms with van der Waals surface area (Å²) in [7, 11) is 0. The number of carbonyl (C=O) groups excluding carboxylic acids is 1. The number of hydrogen-bond acceptors (Lipinski definition) is 4. The Morgan fingerprint density at radius 2 is 1.70 bits per heavy atom. The number of phenolic OH excluding ortho intramolecular Hbond substituents is 1. The van der Waals surface area contributed by atoms with E-state index in [2.05, 4.69) is 11.8 Å². The number of aryl methyl sites for hydroxylation is 2. The maximum Gasteiger partial charge on any atom is 0.410 e. The van der Waals surface area contributed by atoms with Gasteiger partial charge in [-0.2, -0.15) is 0 Å². The molecule has 128 valence electrons. The van der Waals surface area contributed by atoms with Gasteiger partial charge in [-0.15, -0.1) is 0 Å². The lowest BCUT2D eigenvalue weighted by molar-refractivity contribution is 0.0138. The van der Waals surface area contributed by atoms with Crippen LogP contribution < -0.4 is 0 Å². The lowest BCUT2D eigenvalue weighted by Gasteiger charge is -2.35. The lowest BCUT2D eigenvalue weighted by atomic mass is 10.0. The molecule has 0 unspecified atom stereocenters. The molecule has 0 radical (unpaired) electrons. The molecule has 0 saturated carbocycles. The molecule has 2 rings (SSSR count). The van der Waals surface area contributed by atoms with E-state index in [4.69, 9.17) is 4.74 Å². The number of benzene rings is 1. The molecule has 0 bridgehead atoms. The van der Waals surface area contributed by atoms with E-state index in [9.17, 15) is 9.90 Å². The Hall–Kier alpha value is -1.75. The molecule has 23 heavy (non-hydrogen) atoms. The van der Waals surface area contributed by atoms with Gasteiger partial charge in [0.15, 0.2) is 0 Å². The molecule has 1 heterocycles. The van der Waals surface area contributed by atoms with Crippen molar-refractivity contribution in [1.29, 1.82) is 0 Å². The predicted octanol–water partition coefficient (Wildman–Crippen LogP) is 3.06. The van der Waals surface area contributed by atoms with Crippen LogP contribution in [0.2, 0.25) is 0 Å². The number of piperazine rings is 1. The van der Waals surface area contributed by atoms with Gasteiger partial charge in [0.05, 0.1) is 0 Å². The standard InChI is InChI=1S/C18H28N2O3/c1-13-10-15(16(21)11-14(13)2)12-19-6-8-20(9-7-19)17(22)23-18(3,4)5/h10-11,21H,6-9,12H2,1-5H3. The molecule has 1 fully saturated rings. The van der Waals surface area contributed by atoms with Gasteiger partial charge in [-0.05, 0) is 51.8 Å². The zero-order valence-corrected chi connectivity index (χ0v) is 14.8. The first-order valence-electron chi connectivity index (χ1n) is 8.15. The second-order valence-corrected chi connectivity index (χ2v) is 7.31. The van der Waals surface area contributed by atoms with Gasteiger partial charge in [0, 0.05) is 38.3 Å². The molecule has 0 spiro atoms. The van der Waals surface area contributed by atoms with Gasteiger partial charge in [-0.3, -0.25) is 4.90 Å². The second kappa shape index (κ2) is 6.79. The number of rotatable bonds is 2. The molecular formula is C18H28N2O3. The highest BCUT2D eigenvalue weighted by Gasteiger charge is 2.26. The Morgan fingerprint density at radius 1 is 1.13 bits per heavy atom. The van der Waals surface area contributed by atoms with E-state index in [1.165, 1.54) is 5.56 Å². The highest BCUT2D eigenvalue weighted by molar-refractivity contribution is 5.68. The summed E-state index contributed by atoms with van der Waals surface area (Å²) in [6.45, 7) is 13.3. The highest BCUT2D eigenvalue weighted by Crippen LogP contribution is 2.24. The first-order valence-corrected chi connectivity index (χ1v) is 8.15. The average molecular weight is 320 g/mol. The zero-order valence-electron chi connectivity index (χ0n) is 14.8. The van der Waals surface area contributed by atoms with Crippen molar-refractivity contribution >= 4 is 6.09 Å². The van der Waals surface area contributed by atoms with Crippen LogP contribution in [0.3, 0.4) is 0 Å². The summed E-state index contributed by atoms with van der Waals surface area (Å²) in [6, 6.07) is 3.87. The number of phenols is 1. The van der Waals surface area contributed by atoms with Gasteiger partial charge in [-0.1, -0.05) is 6.07 Å². The van der Waals surface area contributed by atoms with Gasteiger partial charge < -0.3 is 14.7 Å². The van der Waals surface area contributed by atoms with Gasteiger partial charge in [-0.25, -0.2) is 4.79 Å². The predicted molar refractivity (Wildman–Crippen MR) is 90.7 cm³/mol. The average Bonchev–Trinajstić information content (AvgIpc) is 2.43. The quantitative estimate of drug-likeness (QED) is 0.910. The van der Waals surface area contributed by atoms with E-state index in [0.29, 0.717) is 25.4 Å². The maximum absolute atomic E-state index is 12.1. The van der Waals surface area contributed by atoms with Gasteiger partial charge in [0.1, 0.15) is 11.4 Å². The van der Waals surface area contributed by atoms with E-state index >= 15 is 0 Å². The Labute approximate surface area is 138 Å². The van der Waals surface area contributed by atoms with Crippen molar-refractivity contribution in [3.8, 4) is 5.75 Å². The largest absolute Gasteiger partial charge is 0.508 e. The topological polar surface area (TPSA) is 53.0 Å². The first kappa shape index (κ1) is 17.6. The third-order valence-corrected chi connectivity index (χ3v) is 4.11. The van der Waals surface area contributed by atoms with Crippen LogP contribution in [0.1, 0.15) is 37.5 Å². The fourth-order valence-corrected chi connectivity index (χ4v) is 2.64. The van der Waals surface area contributed by atoms with Gasteiger partial charge in [0.2, 0.25) is 0 Å². The minimum Gasteiger partial charge on any atom is -0.508 e. The summed E-state index contributed by atoms with van der Waals surface area (Å²) in [5.41, 5.74) is 2.77. The molecule has 0 aliphatic carbocycles. The van der Waals surface area contributed by atoms with Crippen molar-refractivity contribution in [1.82, 2.24) is 9.80 Å². The van der Waals surface area contributed by atoms with E-state index in [1.807, 2.05) is 39.8 Å². The third-order valence-electron chi connectivity index (χ3n) is 4.11. The van der Waals surface area contributed by atoms with Crippen molar-refractivity contribution in [2.24, 2.45) is 0 Å². The molecule has 5 nitrogen and oxygen atoms in total. The fraction of sp³-hybridized carbons (Fsp3) is 0.611. The van der Waals surface area contributed by atoms with Gasteiger partial charge >= 0.3 is 6.09 Å². The van der Waals surface area contributed by atoms with Crippen LogP contribution in [0.4, 0.5) is 4.79 Å². The summed E-state index contributed by atoms with van der Waals surface area (Å²) in [4.78, 5) is 16.1. The number of amides is 1. The van der Waals surface area contributed by atoms with E-state index in [1.54, 1.807) is 4.90 Å². The number of carbonyl (C=O) groups is 1. The van der Waals surface area contributed by atoms with Crippen LogP contribution in [0.5, 0.6) is 5.75 Å². The number of hydrogen-bond donors (Lipinski definition) is 1. The molecule has 1 amide bonds. The molecule has 0 aromatic heterocycles. The monoisotopic (exact) mass is 320 g/mol. The van der Waals surface area contributed by atoms with Crippen molar-refractivity contribution in [2.75, 3.05) is 26.2 Å². The van der Waals surface area contributed by atoms with E-state index < -0.39 is 5.60 Å². The van der Waals surface area contributed by atoms with Crippen LogP contribution in [-0.4, -0.2) is 52.8 Å². The molecule has 1 N–H and O–H groups in total. The normalized spacial score (nSPS) is 16.5. The van der Waals surface area contributed by atoms with Crippen LogP contribution in [0.25, 0.3) is 0 Å². The smallest absolute Gasteiger partial charge is 0.410 e. The summed E-state index contributed by atoms with van der Waals surface area (Å²) in [5.74, 6) is 0.350. The SMILES string of the molecule is Cc1cc(O)c(CN2CCN(C(=O)OC(C)(C)C)CC2)cc1C. The van der Waals surface area contributed by atoms with Crippen molar-refractivity contribution in [2.45, 2.75) is 46.8 Å². The molecule has 1 aromatic carbocycles. The van der Waals surface area contributed by atoms with Gasteiger partial charge in [0.25, 0.3) is 0 Å². The Bertz CT molecular complexity index is 570. The number of nitrogens with zero attached hydrogens (tertiary/aromatic N) is 2. The lowest BCUT2D eigenvalue weighted by Crippen LogP contribution is -2.49. The van der Waals surface area contributed by atoms with Crippen LogP contribution in [-0.2, 0) is 11.3 Å². The van der Waals surface area contributed by atoms with Crippen LogP contribution in [0.15, 0.2) is 12.1 Å². The summed E-state index contributed by atoms with van der Waals surface area (Å²) in [6.07, 6.45) is -0.244. The Balaban J connectivity index is 1.90.